The van der Waals surface area contributed by atoms with Crippen LogP contribution in [0.3, 0.4) is 0 Å². The number of benzene rings is 1. The van der Waals surface area contributed by atoms with Crippen LogP contribution in [0.15, 0.2) is 43.0 Å². The molecule has 20 heavy (non-hydrogen) atoms. The van der Waals surface area contributed by atoms with E-state index < -0.39 is 18.5 Å². The van der Waals surface area contributed by atoms with Gasteiger partial charge in [0.25, 0.3) is 0 Å². The summed E-state index contributed by atoms with van der Waals surface area (Å²) in [5, 5.41) is 0. The highest BCUT2D eigenvalue weighted by molar-refractivity contribution is 5.35. The number of aromatic nitrogens is 2. The average molecular weight is 283 g/mol. The van der Waals surface area contributed by atoms with Crippen molar-refractivity contribution in [3.63, 3.8) is 0 Å². The number of alkyl halides is 3. The second kappa shape index (κ2) is 6.09. The Balaban J connectivity index is 2.17. The van der Waals surface area contributed by atoms with Crippen LogP contribution in [0.4, 0.5) is 13.2 Å². The van der Waals surface area contributed by atoms with Gasteiger partial charge in [0.15, 0.2) is 0 Å². The zero-order valence-corrected chi connectivity index (χ0v) is 10.8. The number of rotatable bonds is 5. The van der Waals surface area contributed by atoms with Gasteiger partial charge in [-0.3, -0.25) is 0 Å². The molecule has 108 valence electrons. The molecule has 0 fully saturated rings. The predicted molar refractivity (Wildman–Crippen MR) is 70.6 cm³/mol. The van der Waals surface area contributed by atoms with Gasteiger partial charge in [0.05, 0.1) is 12.7 Å². The van der Waals surface area contributed by atoms with Crippen molar-refractivity contribution in [2.45, 2.75) is 24.9 Å². The number of nitrogens with two attached hydrogens (primary N) is 1. The fraction of sp³-hybridized carbons (Fsp3) is 0.357. The van der Waals surface area contributed by atoms with Gasteiger partial charge in [-0.05, 0) is 36.6 Å². The molecule has 0 aliphatic heterocycles. The topological polar surface area (TPSA) is 43.8 Å². The number of hydrogen-bond donors (Lipinski definition) is 1. The highest BCUT2D eigenvalue weighted by atomic mass is 19.4. The molecule has 0 aliphatic carbocycles. The Hall–Kier alpha value is -1.82. The molecule has 0 radical (unpaired) electrons. The first-order chi connectivity index (χ1) is 9.49. The third kappa shape index (κ3) is 3.84. The molecule has 1 atom stereocenters. The van der Waals surface area contributed by atoms with Crippen LogP contribution in [0.5, 0.6) is 0 Å². The van der Waals surface area contributed by atoms with Crippen LogP contribution in [-0.2, 0) is 0 Å². The molecule has 0 spiro atoms. The molecule has 0 saturated heterocycles. The molecule has 0 amide bonds. The van der Waals surface area contributed by atoms with Crippen LogP contribution in [0.25, 0.3) is 5.69 Å². The van der Waals surface area contributed by atoms with E-state index in [0.29, 0.717) is 12.0 Å². The van der Waals surface area contributed by atoms with Gasteiger partial charge in [-0.25, -0.2) is 4.98 Å². The summed E-state index contributed by atoms with van der Waals surface area (Å²) < 4.78 is 39.5. The molecule has 2 aromatic rings. The van der Waals surface area contributed by atoms with Crippen molar-refractivity contribution in [1.29, 1.82) is 0 Å². The third-order valence-electron chi connectivity index (χ3n) is 3.16. The predicted octanol–water partition coefficient (Wildman–Crippen LogP) is 3.26. The Morgan fingerprint density at radius 3 is 2.40 bits per heavy atom. The molecule has 1 aromatic heterocycles. The average Bonchev–Trinajstić information content (AvgIpc) is 2.91. The first-order valence-electron chi connectivity index (χ1n) is 6.35. The summed E-state index contributed by atoms with van der Waals surface area (Å²) >= 11 is 0. The lowest BCUT2D eigenvalue weighted by molar-refractivity contribution is -0.139. The van der Waals surface area contributed by atoms with E-state index in [1.807, 2.05) is 0 Å². The fourth-order valence-electron chi connectivity index (χ4n) is 2.20. The van der Waals surface area contributed by atoms with Crippen molar-refractivity contribution < 1.29 is 13.2 Å². The van der Waals surface area contributed by atoms with Crippen molar-refractivity contribution in [2.24, 2.45) is 5.73 Å². The highest BCUT2D eigenvalue weighted by Gasteiger charge is 2.32. The Labute approximate surface area is 115 Å². The molecule has 0 saturated carbocycles. The van der Waals surface area contributed by atoms with Crippen LogP contribution in [0.2, 0.25) is 0 Å². The van der Waals surface area contributed by atoms with Gasteiger partial charge in [0.1, 0.15) is 0 Å². The molecule has 0 aliphatic rings. The zero-order valence-electron chi connectivity index (χ0n) is 10.8. The molecule has 1 unspecified atom stereocenters. The third-order valence-corrected chi connectivity index (χ3v) is 3.16. The van der Waals surface area contributed by atoms with E-state index in [2.05, 4.69) is 4.98 Å². The normalized spacial score (nSPS) is 13.4. The lowest BCUT2D eigenvalue weighted by Crippen LogP contribution is -2.17. The Kier molecular flexibility index (Phi) is 4.44. The van der Waals surface area contributed by atoms with E-state index >= 15 is 0 Å². The van der Waals surface area contributed by atoms with Gasteiger partial charge in [-0.1, -0.05) is 12.1 Å². The molecule has 2 rings (SSSR count). The van der Waals surface area contributed by atoms with Gasteiger partial charge in [0.2, 0.25) is 0 Å². The van der Waals surface area contributed by atoms with E-state index in [0.717, 1.165) is 5.69 Å². The van der Waals surface area contributed by atoms with Gasteiger partial charge < -0.3 is 10.3 Å². The molecular weight excluding hydrogens is 267 g/mol. The minimum absolute atomic E-state index is 0.240. The van der Waals surface area contributed by atoms with E-state index in [-0.39, 0.29) is 6.54 Å². The summed E-state index contributed by atoms with van der Waals surface area (Å²) in [6, 6.07) is 7.02. The van der Waals surface area contributed by atoms with E-state index in [1.165, 1.54) is 0 Å². The summed E-state index contributed by atoms with van der Waals surface area (Å²) in [6.45, 7) is 0.240. The number of hydrogen-bond acceptors (Lipinski definition) is 2. The van der Waals surface area contributed by atoms with Gasteiger partial charge in [-0.15, -0.1) is 0 Å². The molecule has 2 N–H and O–H groups in total. The minimum Gasteiger partial charge on any atom is -0.330 e. The lowest BCUT2D eigenvalue weighted by Gasteiger charge is -2.18. The Morgan fingerprint density at radius 1 is 1.20 bits per heavy atom. The maximum Gasteiger partial charge on any atom is 0.389 e. The molecule has 1 heterocycles. The van der Waals surface area contributed by atoms with E-state index in [1.54, 1.807) is 47.6 Å². The van der Waals surface area contributed by atoms with Crippen LogP contribution < -0.4 is 5.73 Å². The molecular formula is C14H16F3N3. The second-order valence-electron chi connectivity index (χ2n) is 4.66. The fourth-order valence-corrected chi connectivity index (χ4v) is 2.20. The summed E-state index contributed by atoms with van der Waals surface area (Å²) in [7, 11) is 0. The van der Waals surface area contributed by atoms with E-state index in [9.17, 15) is 13.2 Å². The quantitative estimate of drug-likeness (QED) is 0.915. The van der Waals surface area contributed by atoms with Crippen molar-refractivity contribution in [3.05, 3.63) is 48.5 Å². The number of nitrogens with zero attached hydrogens (tertiary/aromatic N) is 2. The highest BCUT2D eigenvalue weighted by Crippen LogP contribution is 2.33. The van der Waals surface area contributed by atoms with Crippen LogP contribution in [0.1, 0.15) is 24.3 Å². The Morgan fingerprint density at radius 2 is 1.90 bits per heavy atom. The van der Waals surface area contributed by atoms with Crippen molar-refractivity contribution >= 4 is 0 Å². The molecule has 1 aromatic carbocycles. The van der Waals surface area contributed by atoms with E-state index in [4.69, 9.17) is 5.73 Å². The van der Waals surface area contributed by atoms with Crippen molar-refractivity contribution in [2.75, 3.05) is 6.54 Å². The maximum absolute atomic E-state index is 12.6. The molecule has 3 nitrogen and oxygen atoms in total. The zero-order chi connectivity index (χ0) is 14.6. The van der Waals surface area contributed by atoms with Crippen LogP contribution >= 0.6 is 0 Å². The summed E-state index contributed by atoms with van der Waals surface area (Å²) in [5.41, 5.74) is 6.94. The van der Waals surface area contributed by atoms with Gasteiger partial charge in [0, 0.05) is 18.1 Å². The largest absolute Gasteiger partial charge is 0.389 e. The van der Waals surface area contributed by atoms with Crippen molar-refractivity contribution in [3.8, 4) is 5.69 Å². The van der Waals surface area contributed by atoms with Crippen molar-refractivity contribution in [1.82, 2.24) is 9.55 Å². The summed E-state index contributed by atoms with van der Waals surface area (Å²) in [4.78, 5) is 3.93. The maximum atomic E-state index is 12.6. The monoisotopic (exact) mass is 283 g/mol. The molecule has 0 bridgehead atoms. The number of halogens is 3. The van der Waals surface area contributed by atoms with Gasteiger partial charge >= 0.3 is 6.18 Å². The Bertz CT molecular complexity index is 518. The standard InChI is InChI=1S/C14H16F3N3/c15-14(16,17)9-12(5-6-18)11-1-3-13(4-2-11)20-8-7-19-10-20/h1-4,7-8,10,12H,5-6,9,18H2. The number of imidazole rings is 1. The lowest BCUT2D eigenvalue weighted by atomic mass is 9.92. The molecule has 6 heteroatoms. The first-order valence-corrected chi connectivity index (χ1v) is 6.35. The van der Waals surface area contributed by atoms with Crippen LogP contribution in [0, 0.1) is 0 Å². The smallest absolute Gasteiger partial charge is 0.330 e. The van der Waals surface area contributed by atoms with Crippen LogP contribution in [-0.4, -0.2) is 22.3 Å². The summed E-state index contributed by atoms with van der Waals surface area (Å²) in [5.74, 6) is -0.586. The SMILES string of the molecule is NCCC(CC(F)(F)F)c1ccc(-n2ccnc2)cc1. The second-order valence-corrected chi connectivity index (χ2v) is 4.66. The minimum atomic E-state index is -4.18. The van der Waals surface area contributed by atoms with Gasteiger partial charge in [-0.2, -0.15) is 13.2 Å². The first kappa shape index (κ1) is 14.6. The summed E-state index contributed by atoms with van der Waals surface area (Å²) in [6.07, 6.45) is 0.375.